The Kier molecular flexibility index (Phi) is 7.36. The molecule has 2 fully saturated rings. The summed E-state index contributed by atoms with van der Waals surface area (Å²) in [6.45, 7) is 6.13. The Morgan fingerprint density at radius 3 is 2.57 bits per heavy atom. The summed E-state index contributed by atoms with van der Waals surface area (Å²) < 4.78 is 1.91. The fourth-order valence-electron chi connectivity index (χ4n) is 3.93. The van der Waals surface area contributed by atoms with E-state index in [1.807, 2.05) is 18.7 Å². The van der Waals surface area contributed by atoms with E-state index in [0.717, 1.165) is 38.0 Å². The van der Waals surface area contributed by atoms with Gasteiger partial charge in [0.15, 0.2) is 0 Å². The molecule has 23 heavy (non-hydrogen) atoms. The number of hydrogen-bond donors (Lipinski definition) is 1. The highest BCUT2D eigenvalue weighted by Gasteiger charge is 2.37. The molecule has 3 rings (SSSR count). The zero-order valence-corrected chi connectivity index (χ0v) is 15.8. The molecule has 0 aliphatic carbocycles. The van der Waals surface area contributed by atoms with Gasteiger partial charge in [0.1, 0.15) is 0 Å². The second-order valence-corrected chi connectivity index (χ2v) is 6.45. The standard InChI is InChI=1S/C16H26N4O.2ClH/c1-11-15(12(2)19(3)18-11)6-7-16(21)20-13-4-5-14(20)10-17-9-8-13;;/h13-14,17H,4-10H2,1-3H3;2*1H. The van der Waals surface area contributed by atoms with E-state index >= 15 is 0 Å². The highest BCUT2D eigenvalue weighted by molar-refractivity contribution is 5.85. The van der Waals surface area contributed by atoms with Crippen molar-refractivity contribution in [2.45, 2.75) is 58.0 Å². The van der Waals surface area contributed by atoms with E-state index in [0.29, 0.717) is 24.4 Å². The summed E-state index contributed by atoms with van der Waals surface area (Å²) in [6.07, 6.45) is 4.87. The van der Waals surface area contributed by atoms with E-state index in [4.69, 9.17) is 0 Å². The molecule has 0 saturated carbocycles. The molecule has 2 unspecified atom stereocenters. The Balaban J connectivity index is 0.00000132. The number of nitrogens with zero attached hydrogens (tertiary/aromatic N) is 3. The number of aromatic nitrogens is 2. The molecule has 1 amide bonds. The maximum atomic E-state index is 12.7. The van der Waals surface area contributed by atoms with Crippen LogP contribution in [-0.2, 0) is 18.3 Å². The van der Waals surface area contributed by atoms with E-state index in [9.17, 15) is 4.79 Å². The molecule has 132 valence electrons. The molecule has 0 aromatic carbocycles. The zero-order chi connectivity index (χ0) is 15.0. The fraction of sp³-hybridized carbons (Fsp3) is 0.750. The highest BCUT2D eigenvalue weighted by Crippen LogP contribution is 2.29. The molecular weight excluding hydrogens is 335 g/mol. The maximum absolute atomic E-state index is 12.7. The summed E-state index contributed by atoms with van der Waals surface area (Å²) in [5.41, 5.74) is 3.48. The van der Waals surface area contributed by atoms with Crippen LogP contribution in [-0.4, -0.2) is 45.8 Å². The van der Waals surface area contributed by atoms with Crippen LogP contribution in [0.25, 0.3) is 0 Å². The molecule has 1 aromatic heterocycles. The number of fused-ring (bicyclic) bond motifs is 2. The molecule has 2 bridgehead atoms. The van der Waals surface area contributed by atoms with Crippen molar-refractivity contribution < 1.29 is 4.79 Å². The lowest BCUT2D eigenvalue weighted by Gasteiger charge is -2.28. The lowest BCUT2D eigenvalue weighted by atomic mass is 10.1. The van der Waals surface area contributed by atoms with E-state index < -0.39 is 0 Å². The summed E-state index contributed by atoms with van der Waals surface area (Å²) in [5, 5.41) is 7.89. The van der Waals surface area contributed by atoms with Gasteiger partial charge in [-0.25, -0.2) is 0 Å². The first-order valence-corrected chi connectivity index (χ1v) is 8.09. The third-order valence-corrected chi connectivity index (χ3v) is 5.19. The van der Waals surface area contributed by atoms with Gasteiger partial charge in [0.05, 0.1) is 5.69 Å². The van der Waals surface area contributed by atoms with Crippen LogP contribution in [0.1, 0.15) is 42.6 Å². The van der Waals surface area contributed by atoms with E-state index in [2.05, 4.69) is 22.2 Å². The Bertz CT molecular complexity index is 532. The molecule has 2 aliphatic heterocycles. The normalized spacial score (nSPS) is 23.0. The monoisotopic (exact) mass is 362 g/mol. The van der Waals surface area contributed by atoms with E-state index in [1.54, 1.807) is 0 Å². The summed E-state index contributed by atoms with van der Waals surface area (Å²) in [5.74, 6) is 0.328. The number of carbonyl (C=O) groups is 1. The second-order valence-electron chi connectivity index (χ2n) is 6.45. The predicted molar refractivity (Wildman–Crippen MR) is 96.6 cm³/mol. The van der Waals surface area contributed by atoms with Gasteiger partial charge in [0.2, 0.25) is 5.91 Å². The van der Waals surface area contributed by atoms with Crippen molar-refractivity contribution in [3.05, 3.63) is 17.0 Å². The van der Waals surface area contributed by atoms with Crippen LogP contribution in [0.15, 0.2) is 0 Å². The van der Waals surface area contributed by atoms with Crippen LogP contribution in [0.3, 0.4) is 0 Å². The first kappa shape index (κ1) is 20.3. The van der Waals surface area contributed by atoms with Gasteiger partial charge in [-0.2, -0.15) is 5.10 Å². The van der Waals surface area contributed by atoms with Crippen LogP contribution < -0.4 is 5.32 Å². The molecule has 0 radical (unpaired) electrons. The fourth-order valence-corrected chi connectivity index (χ4v) is 3.93. The summed E-state index contributed by atoms with van der Waals surface area (Å²) in [4.78, 5) is 14.9. The third-order valence-electron chi connectivity index (χ3n) is 5.19. The quantitative estimate of drug-likeness (QED) is 0.896. The van der Waals surface area contributed by atoms with E-state index in [-0.39, 0.29) is 24.8 Å². The molecule has 7 heteroatoms. The Morgan fingerprint density at radius 2 is 1.91 bits per heavy atom. The van der Waals surface area contributed by atoms with Crippen molar-refractivity contribution in [3.63, 3.8) is 0 Å². The van der Waals surface area contributed by atoms with Crippen LogP contribution in [0, 0.1) is 13.8 Å². The molecule has 5 nitrogen and oxygen atoms in total. The number of halogens is 2. The highest BCUT2D eigenvalue weighted by atomic mass is 35.5. The van der Waals surface area contributed by atoms with Crippen molar-refractivity contribution in [2.24, 2.45) is 7.05 Å². The minimum Gasteiger partial charge on any atom is -0.335 e. The van der Waals surface area contributed by atoms with Gasteiger partial charge in [-0.3, -0.25) is 9.48 Å². The van der Waals surface area contributed by atoms with Gasteiger partial charge in [-0.05, 0) is 51.6 Å². The van der Waals surface area contributed by atoms with Crippen LogP contribution in [0.4, 0.5) is 0 Å². The minimum atomic E-state index is 0. The van der Waals surface area contributed by atoms with Gasteiger partial charge in [-0.15, -0.1) is 24.8 Å². The summed E-state index contributed by atoms with van der Waals surface area (Å²) >= 11 is 0. The minimum absolute atomic E-state index is 0. The molecule has 2 saturated heterocycles. The molecule has 3 heterocycles. The van der Waals surface area contributed by atoms with Gasteiger partial charge in [0, 0.05) is 37.8 Å². The first-order valence-electron chi connectivity index (χ1n) is 8.09. The molecule has 2 aliphatic rings. The molecule has 2 atom stereocenters. The molecule has 1 N–H and O–H groups in total. The Morgan fingerprint density at radius 1 is 1.22 bits per heavy atom. The molecular formula is C16H28Cl2N4O. The number of aryl methyl sites for hydroxylation is 2. The van der Waals surface area contributed by atoms with Crippen molar-refractivity contribution >= 4 is 30.7 Å². The average Bonchev–Trinajstić information content (AvgIpc) is 2.83. The lowest BCUT2D eigenvalue weighted by Crippen LogP contribution is -2.42. The van der Waals surface area contributed by atoms with Gasteiger partial charge >= 0.3 is 0 Å². The largest absolute Gasteiger partial charge is 0.335 e. The van der Waals surface area contributed by atoms with Crippen molar-refractivity contribution in [3.8, 4) is 0 Å². The Labute approximate surface area is 151 Å². The SMILES string of the molecule is Cc1nn(C)c(C)c1CCC(=O)N1C2CCNCC1CC2.Cl.Cl. The second kappa shape index (κ2) is 8.36. The topological polar surface area (TPSA) is 50.2 Å². The molecule has 0 spiro atoms. The van der Waals surface area contributed by atoms with E-state index in [1.165, 1.54) is 17.7 Å². The Hall–Kier alpha value is -0.780. The number of amides is 1. The van der Waals surface area contributed by atoms with Gasteiger partial charge in [0.25, 0.3) is 0 Å². The number of carbonyl (C=O) groups excluding carboxylic acids is 1. The van der Waals surface area contributed by atoms with Crippen molar-refractivity contribution in [2.75, 3.05) is 13.1 Å². The van der Waals surface area contributed by atoms with Crippen LogP contribution in [0.5, 0.6) is 0 Å². The molecule has 1 aromatic rings. The summed E-state index contributed by atoms with van der Waals surface area (Å²) in [6, 6.07) is 0.884. The predicted octanol–water partition coefficient (Wildman–Crippen LogP) is 2.17. The number of hydrogen-bond acceptors (Lipinski definition) is 3. The van der Waals surface area contributed by atoms with Crippen LogP contribution >= 0.6 is 24.8 Å². The van der Waals surface area contributed by atoms with Crippen molar-refractivity contribution in [1.29, 1.82) is 0 Å². The zero-order valence-electron chi connectivity index (χ0n) is 14.2. The number of rotatable bonds is 3. The van der Waals surface area contributed by atoms with Gasteiger partial charge < -0.3 is 10.2 Å². The smallest absolute Gasteiger partial charge is 0.223 e. The van der Waals surface area contributed by atoms with Crippen molar-refractivity contribution in [1.82, 2.24) is 20.0 Å². The maximum Gasteiger partial charge on any atom is 0.223 e. The average molecular weight is 363 g/mol. The van der Waals surface area contributed by atoms with Crippen LogP contribution in [0.2, 0.25) is 0 Å². The summed E-state index contributed by atoms with van der Waals surface area (Å²) in [7, 11) is 1.97. The lowest BCUT2D eigenvalue weighted by molar-refractivity contribution is -0.133. The van der Waals surface area contributed by atoms with Gasteiger partial charge in [-0.1, -0.05) is 0 Å². The third kappa shape index (κ3) is 4.01. The first-order chi connectivity index (χ1) is 10.1. The number of nitrogens with one attached hydrogen (secondary N) is 1.